The third-order valence-corrected chi connectivity index (χ3v) is 9.80. The maximum absolute atomic E-state index is 13.7. The molecule has 3 aromatic carbocycles. The number of hydrogen-bond donors (Lipinski definition) is 1. The number of carbonyl (C=O) groups excluding carboxylic acids is 2. The number of thioether (sulfide) groups is 1. The number of benzene rings is 3. The largest absolute Gasteiger partial charge is 0.507 e. The van der Waals surface area contributed by atoms with Gasteiger partial charge in [0.15, 0.2) is 15.8 Å². The van der Waals surface area contributed by atoms with E-state index >= 15 is 0 Å². The highest BCUT2D eigenvalue weighted by atomic mass is 32.2. The van der Waals surface area contributed by atoms with Gasteiger partial charge in [-0.2, -0.15) is 0 Å². The third kappa shape index (κ3) is 8.16. The number of halogens is 1. The molecule has 1 N–H and O–H groups in total. The van der Waals surface area contributed by atoms with Crippen LogP contribution in [0.5, 0.6) is 17.2 Å². The van der Waals surface area contributed by atoms with E-state index in [-0.39, 0.29) is 22.3 Å². The first-order valence-electron chi connectivity index (χ1n) is 15.8. The third-order valence-electron chi connectivity index (χ3n) is 7.67. The van der Waals surface area contributed by atoms with Crippen molar-refractivity contribution in [2.75, 3.05) is 25.2 Å². The van der Waals surface area contributed by atoms with Crippen molar-refractivity contribution >= 4 is 45.7 Å². The number of rotatable bonds is 15. The smallest absolute Gasteiger partial charge is 0.301 e. The summed E-state index contributed by atoms with van der Waals surface area (Å²) in [5, 5.41) is 20.3. The first kappa shape index (κ1) is 34.9. The van der Waals surface area contributed by atoms with Crippen LogP contribution in [0.4, 0.5) is 9.52 Å². The Hall–Kier alpha value is -4.42. The van der Waals surface area contributed by atoms with Crippen molar-refractivity contribution < 1.29 is 33.3 Å². The van der Waals surface area contributed by atoms with Crippen LogP contribution in [0.3, 0.4) is 0 Å². The number of anilines is 1. The number of aromatic nitrogens is 2. The maximum Gasteiger partial charge on any atom is 0.301 e. The van der Waals surface area contributed by atoms with Crippen molar-refractivity contribution in [1.29, 1.82) is 0 Å². The number of hydrogen-bond acceptors (Lipinski definition) is 10. The van der Waals surface area contributed by atoms with Crippen LogP contribution in [0.2, 0.25) is 0 Å². The van der Waals surface area contributed by atoms with Gasteiger partial charge in [-0.15, -0.1) is 10.2 Å². The van der Waals surface area contributed by atoms with E-state index in [0.29, 0.717) is 57.6 Å². The molecular weight excluding hydrogens is 654 g/mol. The van der Waals surface area contributed by atoms with E-state index < -0.39 is 17.7 Å². The van der Waals surface area contributed by atoms with Gasteiger partial charge in [0.25, 0.3) is 5.78 Å². The van der Waals surface area contributed by atoms with Crippen LogP contribution in [-0.2, 0) is 15.3 Å². The van der Waals surface area contributed by atoms with E-state index in [1.54, 1.807) is 54.6 Å². The quantitative estimate of drug-likeness (QED) is 0.0329. The number of carbonyl (C=O) groups is 2. The summed E-state index contributed by atoms with van der Waals surface area (Å²) in [6.07, 6.45) is 2.76. The highest BCUT2D eigenvalue weighted by Crippen LogP contribution is 2.45. The highest BCUT2D eigenvalue weighted by molar-refractivity contribution is 8.00. The molecule has 0 unspecified atom stereocenters. The zero-order valence-electron chi connectivity index (χ0n) is 27.3. The van der Waals surface area contributed by atoms with Gasteiger partial charge in [0.05, 0.1) is 31.9 Å². The van der Waals surface area contributed by atoms with Crippen LogP contribution in [0.25, 0.3) is 5.76 Å². The number of unbranched alkanes of at least 4 members (excludes halogenated alkanes) is 1. The van der Waals surface area contributed by atoms with Crippen molar-refractivity contribution in [1.82, 2.24) is 10.2 Å². The molecule has 5 rings (SSSR count). The Bertz CT molecular complexity index is 1760. The van der Waals surface area contributed by atoms with E-state index in [2.05, 4.69) is 31.0 Å². The molecule has 12 heteroatoms. The van der Waals surface area contributed by atoms with Gasteiger partial charge >= 0.3 is 5.91 Å². The Morgan fingerprint density at radius 1 is 1.00 bits per heavy atom. The van der Waals surface area contributed by atoms with Gasteiger partial charge in [0.2, 0.25) is 5.13 Å². The first-order valence-corrected chi connectivity index (χ1v) is 17.6. The number of Topliss-reactive ketones (excluding diaryl/α,β-unsaturated/α-hetero) is 1. The van der Waals surface area contributed by atoms with E-state index in [1.165, 1.54) is 35.9 Å². The summed E-state index contributed by atoms with van der Waals surface area (Å²) in [4.78, 5) is 28.7. The number of ether oxygens (including phenoxy) is 3. The van der Waals surface area contributed by atoms with Gasteiger partial charge in [0, 0.05) is 11.3 Å². The Labute approximate surface area is 287 Å². The van der Waals surface area contributed by atoms with Gasteiger partial charge in [0.1, 0.15) is 17.3 Å². The number of ketones is 1. The highest BCUT2D eigenvalue weighted by Gasteiger charge is 2.48. The fraction of sp³-hybridized carbons (Fsp3) is 0.333. The molecule has 1 amide bonds. The average molecular weight is 692 g/mol. The van der Waals surface area contributed by atoms with Gasteiger partial charge < -0.3 is 19.3 Å². The van der Waals surface area contributed by atoms with E-state index in [0.717, 1.165) is 36.2 Å². The number of amides is 1. The normalized spacial score (nSPS) is 15.7. The monoisotopic (exact) mass is 691 g/mol. The number of nitrogens with zero attached hydrogens (tertiary/aromatic N) is 3. The molecule has 1 fully saturated rings. The summed E-state index contributed by atoms with van der Waals surface area (Å²) in [6.45, 7) is 7.36. The van der Waals surface area contributed by atoms with Gasteiger partial charge in [-0.1, -0.05) is 68.5 Å². The molecule has 9 nitrogen and oxygen atoms in total. The predicted molar refractivity (Wildman–Crippen MR) is 185 cm³/mol. The van der Waals surface area contributed by atoms with Crippen LogP contribution >= 0.6 is 23.1 Å². The molecule has 4 aromatic rings. The maximum atomic E-state index is 13.7. The van der Waals surface area contributed by atoms with Gasteiger partial charge in [-0.3, -0.25) is 14.5 Å². The summed E-state index contributed by atoms with van der Waals surface area (Å²) in [5.41, 5.74) is 1.67. The molecule has 0 spiro atoms. The summed E-state index contributed by atoms with van der Waals surface area (Å²) in [7, 11) is 1.52. The van der Waals surface area contributed by atoms with Crippen molar-refractivity contribution in [3.05, 3.63) is 94.8 Å². The molecule has 1 aliphatic rings. The summed E-state index contributed by atoms with van der Waals surface area (Å²) in [6, 6.07) is 17.1. The lowest BCUT2D eigenvalue weighted by Gasteiger charge is -2.23. The minimum absolute atomic E-state index is 0.0918. The Kier molecular flexibility index (Phi) is 11.7. The molecular formula is C36H38FN3O6S2. The lowest BCUT2D eigenvalue weighted by molar-refractivity contribution is -0.132. The summed E-state index contributed by atoms with van der Waals surface area (Å²) < 4.78 is 31.3. The molecule has 1 saturated heterocycles. The first-order chi connectivity index (χ1) is 23.2. The molecule has 48 heavy (non-hydrogen) atoms. The lowest BCUT2D eigenvalue weighted by Crippen LogP contribution is -2.29. The SMILES string of the molecule is CCCCOc1ccc(C(O)=C2C(=O)C(=O)N(c3nnc(SCc4ccc(F)cc4)s3)[C@@H]2c2ccc(OCCC(C)C)c(OC)c2)cc1. The Morgan fingerprint density at radius 3 is 2.44 bits per heavy atom. The van der Waals surface area contributed by atoms with Crippen LogP contribution in [0, 0.1) is 11.7 Å². The fourth-order valence-corrected chi connectivity index (χ4v) is 6.83. The van der Waals surface area contributed by atoms with Crippen LogP contribution < -0.4 is 19.1 Å². The molecule has 2 heterocycles. The lowest BCUT2D eigenvalue weighted by atomic mass is 9.95. The molecule has 1 aliphatic heterocycles. The zero-order valence-corrected chi connectivity index (χ0v) is 28.9. The van der Waals surface area contributed by atoms with Gasteiger partial charge in [-0.05, 0) is 78.4 Å². The molecule has 0 radical (unpaired) electrons. The minimum atomic E-state index is -1.04. The molecule has 0 aliphatic carbocycles. The van der Waals surface area contributed by atoms with E-state index in [9.17, 15) is 19.1 Å². The average Bonchev–Trinajstić information content (AvgIpc) is 3.66. The van der Waals surface area contributed by atoms with Crippen LogP contribution in [0.1, 0.15) is 62.8 Å². The van der Waals surface area contributed by atoms with Crippen molar-refractivity contribution in [2.45, 2.75) is 56.2 Å². The second-order valence-corrected chi connectivity index (χ2v) is 13.8. The summed E-state index contributed by atoms with van der Waals surface area (Å²) >= 11 is 2.52. The van der Waals surface area contributed by atoms with Crippen molar-refractivity contribution in [3.63, 3.8) is 0 Å². The topological polar surface area (TPSA) is 111 Å². The van der Waals surface area contributed by atoms with E-state index in [1.807, 2.05) is 0 Å². The minimum Gasteiger partial charge on any atom is -0.507 e. The zero-order chi connectivity index (χ0) is 34.2. The molecule has 0 bridgehead atoms. The van der Waals surface area contributed by atoms with Gasteiger partial charge in [-0.25, -0.2) is 4.39 Å². The fourth-order valence-electron chi connectivity index (χ4n) is 5.01. The van der Waals surface area contributed by atoms with Crippen LogP contribution in [0.15, 0.2) is 76.6 Å². The Morgan fingerprint density at radius 2 is 1.75 bits per heavy atom. The standard InChI is InChI=1S/C36H38FN3O6S2/c1-5-6-18-45-27-14-9-24(10-15-27)32(41)30-31(25-11-16-28(29(20-25)44-4)46-19-17-22(2)3)40(34(43)33(30)42)35-38-39-36(48-35)47-21-23-7-12-26(37)13-8-23/h7-16,20,22,31,41H,5-6,17-19,21H2,1-4H3/t31-/m1/s1. The van der Waals surface area contributed by atoms with Crippen LogP contribution in [-0.4, -0.2) is 47.3 Å². The van der Waals surface area contributed by atoms with Crippen molar-refractivity contribution in [2.24, 2.45) is 5.92 Å². The molecule has 1 aromatic heterocycles. The molecule has 1 atom stereocenters. The van der Waals surface area contributed by atoms with Crippen molar-refractivity contribution in [3.8, 4) is 17.2 Å². The number of aliphatic hydroxyl groups excluding tert-OH is 1. The second kappa shape index (κ2) is 16.1. The number of aliphatic hydroxyl groups is 1. The van der Waals surface area contributed by atoms with E-state index in [4.69, 9.17) is 14.2 Å². The molecule has 0 saturated carbocycles. The predicted octanol–water partition coefficient (Wildman–Crippen LogP) is 8.21. The molecule has 252 valence electrons. The Balaban J connectivity index is 1.52. The number of methoxy groups -OCH3 is 1. The summed E-state index contributed by atoms with van der Waals surface area (Å²) in [5.74, 6) is 0.192. The second-order valence-electron chi connectivity index (χ2n) is 11.6.